The number of rotatable bonds is 12. The van der Waals surface area contributed by atoms with Crippen LogP contribution >= 0.6 is 43.2 Å². The first-order valence-electron chi connectivity index (χ1n) is 12.1. The molecule has 0 spiro atoms. The van der Waals surface area contributed by atoms with E-state index in [9.17, 15) is 9.59 Å². The average Bonchev–Trinajstić information content (AvgIpc) is 3.29. The third-order valence-corrected chi connectivity index (χ3v) is 9.17. The van der Waals surface area contributed by atoms with Crippen molar-refractivity contribution in [2.45, 2.75) is 91.9 Å². The van der Waals surface area contributed by atoms with Crippen molar-refractivity contribution in [3.63, 3.8) is 0 Å². The number of hydrogen-bond donors (Lipinski definition) is 0. The molecular weight excluding hydrogens is 552 g/mol. The molecule has 6 heteroatoms. The number of halogens is 2. The van der Waals surface area contributed by atoms with Crippen LogP contribution in [0, 0.1) is 11.8 Å². The lowest BCUT2D eigenvalue weighted by Gasteiger charge is -2.17. The Morgan fingerprint density at radius 2 is 1.12 bits per heavy atom. The van der Waals surface area contributed by atoms with E-state index in [1.807, 2.05) is 0 Å². The van der Waals surface area contributed by atoms with Gasteiger partial charge in [-0.25, -0.2) is 0 Å². The van der Waals surface area contributed by atoms with Gasteiger partial charge in [0.2, 0.25) is 0 Å². The lowest BCUT2D eigenvalue weighted by Crippen LogP contribution is -2.21. The SMILES string of the molecule is CCCCC(CC)Cc1sc(CC(CC)CCCC)c2c1C(=O)c1c(Br)oc(Br)c1C2=O. The predicted molar refractivity (Wildman–Crippen MR) is 139 cm³/mol. The van der Waals surface area contributed by atoms with Crippen LogP contribution in [0.5, 0.6) is 0 Å². The second-order valence-corrected chi connectivity index (χ2v) is 11.6. The number of carbonyl (C=O) groups is 2. The van der Waals surface area contributed by atoms with Crippen molar-refractivity contribution < 1.29 is 14.0 Å². The van der Waals surface area contributed by atoms with Gasteiger partial charge in [-0.2, -0.15) is 0 Å². The van der Waals surface area contributed by atoms with E-state index in [1.54, 1.807) is 11.3 Å². The topological polar surface area (TPSA) is 47.3 Å². The minimum Gasteiger partial charge on any atom is -0.441 e. The second-order valence-electron chi connectivity index (χ2n) is 9.00. The van der Waals surface area contributed by atoms with Crippen LogP contribution in [0.25, 0.3) is 0 Å². The number of ketones is 2. The van der Waals surface area contributed by atoms with Crippen molar-refractivity contribution >= 4 is 54.8 Å². The van der Waals surface area contributed by atoms with E-state index in [2.05, 4.69) is 59.6 Å². The summed E-state index contributed by atoms with van der Waals surface area (Å²) in [6, 6.07) is 0. The zero-order valence-corrected chi connectivity index (χ0v) is 23.6. The molecule has 0 amide bonds. The first kappa shape index (κ1) is 25.9. The fourth-order valence-corrected chi connectivity index (χ4v) is 7.57. The first-order chi connectivity index (χ1) is 15.4. The maximum atomic E-state index is 13.7. The molecule has 1 aliphatic rings. The van der Waals surface area contributed by atoms with Gasteiger partial charge in [0.25, 0.3) is 0 Å². The van der Waals surface area contributed by atoms with Gasteiger partial charge in [0, 0.05) is 20.9 Å². The fourth-order valence-electron chi connectivity index (χ4n) is 4.74. The van der Waals surface area contributed by atoms with Crippen LogP contribution in [0.1, 0.15) is 121 Å². The number of furan rings is 1. The zero-order valence-electron chi connectivity index (χ0n) is 19.6. The van der Waals surface area contributed by atoms with Crippen LogP contribution in [0.3, 0.4) is 0 Å². The molecule has 0 fully saturated rings. The summed E-state index contributed by atoms with van der Waals surface area (Å²) in [4.78, 5) is 29.5. The van der Waals surface area contributed by atoms with Crippen molar-refractivity contribution in [1.29, 1.82) is 0 Å². The van der Waals surface area contributed by atoms with Crippen LogP contribution in [-0.4, -0.2) is 11.6 Å². The van der Waals surface area contributed by atoms with E-state index < -0.39 is 0 Å². The molecule has 0 radical (unpaired) electrons. The molecule has 2 atom stereocenters. The highest BCUT2D eigenvalue weighted by atomic mass is 79.9. The third-order valence-electron chi connectivity index (χ3n) is 6.82. The Morgan fingerprint density at radius 1 is 0.719 bits per heavy atom. The summed E-state index contributed by atoms with van der Waals surface area (Å²) in [5.41, 5.74) is 2.05. The van der Waals surface area contributed by atoms with Gasteiger partial charge in [0.15, 0.2) is 20.9 Å². The van der Waals surface area contributed by atoms with Gasteiger partial charge in [0.05, 0.1) is 11.1 Å². The summed E-state index contributed by atoms with van der Waals surface area (Å²) >= 11 is 8.45. The molecule has 2 aromatic rings. The first-order valence-corrected chi connectivity index (χ1v) is 14.5. The summed E-state index contributed by atoms with van der Waals surface area (Å²) in [5.74, 6) is 0.939. The summed E-state index contributed by atoms with van der Waals surface area (Å²) in [5, 5.41) is 0. The average molecular weight is 586 g/mol. The van der Waals surface area contributed by atoms with Crippen molar-refractivity contribution in [2.75, 3.05) is 0 Å². The van der Waals surface area contributed by atoms with Gasteiger partial charge in [-0.1, -0.05) is 79.1 Å². The van der Waals surface area contributed by atoms with E-state index >= 15 is 0 Å². The van der Waals surface area contributed by atoms with Crippen LogP contribution in [0.15, 0.2) is 13.8 Å². The van der Waals surface area contributed by atoms with Gasteiger partial charge in [-0.05, 0) is 56.5 Å². The molecule has 2 heterocycles. The van der Waals surface area contributed by atoms with E-state index in [1.165, 1.54) is 25.7 Å². The van der Waals surface area contributed by atoms with Crippen LogP contribution < -0.4 is 0 Å². The van der Waals surface area contributed by atoms with E-state index in [0.29, 0.717) is 43.4 Å². The highest BCUT2D eigenvalue weighted by molar-refractivity contribution is 9.11. The molecule has 0 bridgehead atoms. The molecular formula is C26H34Br2O3S. The number of carbonyl (C=O) groups excluding carboxylic acids is 2. The fraction of sp³-hybridized carbons (Fsp3) is 0.615. The Bertz CT molecular complexity index is 899. The molecule has 0 N–H and O–H groups in total. The number of thiophene rings is 1. The molecule has 3 rings (SSSR count). The maximum absolute atomic E-state index is 13.7. The van der Waals surface area contributed by atoms with Gasteiger partial charge >= 0.3 is 0 Å². The lowest BCUT2D eigenvalue weighted by molar-refractivity contribution is 0.0978. The Kier molecular flexibility index (Phi) is 9.40. The molecule has 0 aliphatic heterocycles. The third kappa shape index (κ3) is 5.17. The van der Waals surface area contributed by atoms with Crippen molar-refractivity contribution in [1.82, 2.24) is 0 Å². The summed E-state index contributed by atoms with van der Waals surface area (Å²) in [6.45, 7) is 8.90. The largest absolute Gasteiger partial charge is 0.441 e. The summed E-state index contributed by atoms with van der Waals surface area (Å²) in [6.07, 6.45) is 11.0. The Labute approximate surface area is 213 Å². The lowest BCUT2D eigenvalue weighted by atomic mass is 9.83. The minimum atomic E-state index is -0.0691. The summed E-state index contributed by atoms with van der Waals surface area (Å²) < 4.78 is 6.28. The van der Waals surface area contributed by atoms with Crippen LogP contribution in [0.2, 0.25) is 0 Å². The Balaban J connectivity index is 2.07. The highest BCUT2D eigenvalue weighted by Crippen LogP contribution is 2.45. The van der Waals surface area contributed by atoms with Gasteiger partial charge in [-0.15, -0.1) is 11.3 Å². The van der Waals surface area contributed by atoms with Crippen LogP contribution in [-0.2, 0) is 12.8 Å². The molecule has 1 aliphatic carbocycles. The van der Waals surface area contributed by atoms with Gasteiger partial charge in [-0.3, -0.25) is 9.59 Å². The van der Waals surface area contributed by atoms with Gasteiger partial charge < -0.3 is 4.42 Å². The molecule has 0 saturated heterocycles. The molecule has 2 unspecified atom stereocenters. The summed E-state index contributed by atoms with van der Waals surface area (Å²) in [7, 11) is 0. The van der Waals surface area contributed by atoms with Crippen molar-refractivity contribution in [2.24, 2.45) is 11.8 Å². The monoisotopic (exact) mass is 584 g/mol. The Hall–Kier alpha value is -0.720. The predicted octanol–water partition coefficient (Wildman–Crippen LogP) is 9.16. The molecule has 32 heavy (non-hydrogen) atoms. The Morgan fingerprint density at radius 3 is 1.47 bits per heavy atom. The van der Waals surface area contributed by atoms with Crippen molar-refractivity contribution in [3.05, 3.63) is 41.3 Å². The van der Waals surface area contributed by atoms with E-state index in [4.69, 9.17) is 4.42 Å². The van der Waals surface area contributed by atoms with Crippen molar-refractivity contribution in [3.8, 4) is 0 Å². The highest BCUT2D eigenvalue weighted by Gasteiger charge is 2.41. The number of hydrogen-bond acceptors (Lipinski definition) is 4. The van der Waals surface area contributed by atoms with Gasteiger partial charge in [0.1, 0.15) is 0 Å². The van der Waals surface area contributed by atoms with Crippen LogP contribution in [0.4, 0.5) is 0 Å². The quantitative estimate of drug-likeness (QED) is 0.213. The molecule has 176 valence electrons. The number of unbranched alkanes of at least 4 members (excludes halogenated alkanes) is 2. The second kappa shape index (κ2) is 11.6. The molecule has 2 aromatic heterocycles. The number of fused-ring (bicyclic) bond motifs is 2. The standard InChI is InChI=1S/C26H34Br2O3S/c1-5-9-11-15(7-3)13-17-19-20(18(32-17)14-16(8-4)12-10-6-2)24(30)22-21(23(19)29)25(27)31-26(22)28/h15-16H,5-14H2,1-4H3. The molecule has 0 saturated carbocycles. The van der Waals surface area contributed by atoms with E-state index in [0.717, 1.165) is 48.3 Å². The maximum Gasteiger partial charge on any atom is 0.200 e. The smallest absolute Gasteiger partial charge is 0.200 e. The zero-order chi connectivity index (χ0) is 23.4. The normalized spacial score (nSPS) is 15.1. The van der Waals surface area contributed by atoms with E-state index in [-0.39, 0.29) is 11.6 Å². The molecule has 0 aromatic carbocycles. The minimum absolute atomic E-state index is 0.0691. The molecule has 3 nitrogen and oxygen atoms in total.